The van der Waals surface area contributed by atoms with Gasteiger partial charge < -0.3 is 14.0 Å². The molecule has 5 nitrogen and oxygen atoms in total. The van der Waals surface area contributed by atoms with Gasteiger partial charge in [-0.3, -0.25) is 0 Å². The summed E-state index contributed by atoms with van der Waals surface area (Å²) in [5.74, 6) is 2.85. The molecule has 0 amide bonds. The predicted octanol–water partition coefficient (Wildman–Crippen LogP) is 4.87. The maximum Gasteiger partial charge on any atom is 0.191 e. The molecule has 26 heavy (non-hydrogen) atoms. The first-order chi connectivity index (χ1) is 12.6. The predicted molar refractivity (Wildman–Crippen MR) is 104 cm³/mol. The highest BCUT2D eigenvalue weighted by molar-refractivity contribution is 7.99. The molecule has 136 valence electrons. The molecule has 3 aromatic rings. The first-order valence-corrected chi connectivity index (χ1v) is 9.64. The minimum Gasteiger partial charge on any atom is -0.493 e. The van der Waals surface area contributed by atoms with Gasteiger partial charge in [0.25, 0.3) is 0 Å². The van der Waals surface area contributed by atoms with E-state index in [4.69, 9.17) is 32.7 Å². The Hall–Kier alpha value is -1.89. The first-order valence-electron chi connectivity index (χ1n) is 7.90. The van der Waals surface area contributed by atoms with Crippen LogP contribution in [-0.2, 0) is 13.7 Å². The Morgan fingerprint density at radius 1 is 1.04 bits per heavy atom. The number of hydrogen-bond donors (Lipinski definition) is 0. The molecular weight excluding hydrogens is 393 g/mol. The number of aromatic nitrogens is 3. The van der Waals surface area contributed by atoms with Crippen molar-refractivity contribution in [2.24, 2.45) is 7.05 Å². The molecule has 0 spiro atoms. The van der Waals surface area contributed by atoms with Crippen LogP contribution in [0.2, 0.25) is 10.0 Å². The van der Waals surface area contributed by atoms with E-state index in [0.29, 0.717) is 29.0 Å². The van der Waals surface area contributed by atoms with Gasteiger partial charge in [-0.2, -0.15) is 0 Å². The van der Waals surface area contributed by atoms with Gasteiger partial charge in [-0.15, -0.1) is 10.2 Å². The van der Waals surface area contributed by atoms with Crippen LogP contribution in [0.3, 0.4) is 0 Å². The van der Waals surface area contributed by atoms with Crippen molar-refractivity contribution >= 4 is 35.0 Å². The fourth-order valence-electron chi connectivity index (χ4n) is 2.15. The maximum absolute atomic E-state index is 6.09. The van der Waals surface area contributed by atoms with Crippen molar-refractivity contribution in [2.45, 2.75) is 11.8 Å². The zero-order valence-corrected chi connectivity index (χ0v) is 16.4. The van der Waals surface area contributed by atoms with Crippen molar-refractivity contribution in [1.82, 2.24) is 14.8 Å². The van der Waals surface area contributed by atoms with E-state index in [9.17, 15) is 0 Å². The number of rotatable bonds is 8. The normalized spacial score (nSPS) is 10.7. The summed E-state index contributed by atoms with van der Waals surface area (Å²) >= 11 is 13.6. The lowest BCUT2D eigenvalue weighted by Crippen LogP contribution is -2.05. The van der Waals surface area contributed by atoms with Crippen LogP contribution in [0.1, 0.15) is 5.82 Å². The van der Waals surface area contributed by atoms with E-state index in [1.165, 1.54) is 0 Å². The zero-order chi connectivity index (χ0) is 18.4. The molecular formula is C18H17Cl2N3O2S. The quantitative estimate of drug-likeness (QED) is 0.392. The van der Waals surface area contributed by atoms with Crippen molar-refractivity contribution in [1.29, 1.82) is 0 Å². The maximum atomic E-state index is 6.09. The van der Waals surface area contributed by atoms with Gasteiger partial charge in [0.15, 0.2) is 11.0 Å². The Morgan fingerprint density at radius 2 is 1.88 bits per heavy atom. The van der Waals surface area contributed by atoms with Crippen LogP contribution in [0.15, 0.2) is 53.7 Å². The van der Waals surface area contributed by atoms with Crippen molar-refractivity contribution < 1.29 is 9.47 Å². The van der Waals surface area contributed by atoms with Crippen LogP contribution < -0.4 is 9.47 Å². The lowest BCUT2D eigenvalue weighted by atomic mass is 10.3. The molecule has 0 saturated carbocycles. The fraction of sp³-hybridized carbons (Fsp3) is 0.222. The number of halogens is 2. The van der Waals surface area contributed by atoms with E-state index in [-0.39, 0.29) is 0 Å². The second-order valence-corrected chi connectivity index (χ2v) is 7.24. The molecule has 0 bridgehead atoms. The fourth-order valence-corrected chi connectivity index (χ4v) is 3.27. The van der Waals surface area contributed by atoms with E-state index in [1.807, 2.05) is 48.0 Å². The van der Waals surface area contributed by atoms with Crippen LogP contribution in [0.4, 0.5) is 0 Å². The van der Waals surface area contributed by atoms with Crippen molar-refractivity contribution in [2.75, 3.05) is 12.4 Å². The zero-order valence-electron chi connectivity index (χ0n) is 14.1. The molecule has 0 saturated heterocycles. The molecule has 3 rings (SSSR count). The standard InChI is InChI=1S/C18H17Cl2N3O2S/c1-23-17(12-25-16-8-3-2-7-15(16)20)21-22-18(23)26-10-9-24-14-6-4-5-13(19)11-14/h2-8,11H,9-10,12H2,1H3. The topological polar surface area (TPSA) is 49.2 Å². The lowest BCUT2D eigenvalue weighted by molar-refractivity contribution is 0.290. The van der Waals surface area contributed by atoms with E-state index < -0.39 is 0 Å². The Morgan fingerprint density at radius 3 is 2.69 bits per heavy atom. The molecule has 2 aromatic carbocycles. The summed E-state index contributed by atoms with van der Waals surface area (Å²) in [6.07, 6.45) is 0. The molecule has 0 atom stereocenters. The van der Waals surface area contributed by atoms with E-state index in [1.54, 1.807) is 23.9 Å². The number of ether oxygens (including phenoxy) is 2. The third kappa shape index (κ3) is 5.06. The molecule has 0 unspecified atom stereocenters. The van der Waals surface area contributed by atoms with E-state index >= 15 is 0 Å². The van der Waals surface area contributed by atoms with Gasteiger partial charge in [0.2, 0.25) is 0 Å². The summed E-state index contributed by atoms with van der Waals surface area (Å²) in [6, 6.07) is 14.7. The molecule has 0 N–H and O–H groups in total. The average molecular weight is 410 g/mol. The van der Waals surface area contributed by atoms with Crippen LogP contribution in [0, 0.1) is 0 Å². The van der Waals surface area contributed by atoms with Gasteiger partial charge in [-0.25, -0.2) is 0 Å². The number of benzene rings is 2. The molecule has 1 aromatic heterocycles. The monoisotopic (exact) mass is 409 g/mol. The highest BCUT2D eigenvalue weighted by Gasteiger charge is 2.10. The molecule has 0 aliphatic rings. The van der Waals surface area contributed by atoms with Gasteiger partial charge in [0, 0.05) is 17.8 Å². The molecule has 1 heterocycles. The molecule has 8 heteroatoms. The third-order valence-corrected chi connectivity index (χ3v) is 5.03. The molecule has 0 aliphatic heterocycles. The minimum atomic E-state index is 0.298. The largest absolute Gasteiger partial charge is 0.493 e. The van der Waals surface area contributed by atoms with E-state index in [2.05, 4.69) is 10.2 Å². The molecule has 0 aliphatic carbocycles. The van der Waals surface area contributed by atoms with E-state index in [0.717, 1.165) is 22.5 Å². The average Bonchev–Trinajstić information content (AvgIpc) is 2.98. The Balaban J connectivity index is 1.48. The lowest BCUT2D eigenvalue weighted by Gasteiger charge is -2.08. The number of para-hydroxylation sites is 1. The Bertz CT molecular complexity index is 873. The smallest absolute Gasteiger partial charge is 0.191 e. The summed E-state index contributed by atoms with van der Waals surface area (Å²) in [6.45, 7) is 0.843. The van der Waals surface area contributed by atoms with Crippen LogP contribution in [0.5, 0.6) is 11.5 Å². The highest BCUT2D eigenvalue weighted by atomic mass is 35.5. The van der Waals surface area contributed by atoms with Gasteiger partial charge in [-0.05, 0) is 30.3 Å². The number of hydrogen-bond acceptors (Lipinski definition) is 5. The summed E-state index contributed by atoms with van der Waals surface area (Å²) in [5.41, 5.74) is 0. The minimum absolute atomic E-state index is 0.298. The van der Waals surface area contributed by atoms with Gasteiger partial charge in [0.05, 0.1) is 11.6 Å². The summed E-state index contributed by atoms with van der Waals surface area (Å²) in [7, 11) is 1.91. The van der Waals surface area contributed by atoms with Crippen LogP contribution >= 0.6 is 35.0 Å². The second-order valence-electron chi connectivity index (χ2n) is 5.33. The third-order valence-electron chi connectivity index (χ3n) is 3.50. The summed E-state index contributed by atoms with van der Waals surface area (Å²) in [5, 5.41) is 10.4. The summed E-state index contributed by atoms with van der Waals surface area (Å²) < 4.78 is 13.3. The summed E-state index contributed by atoms with van der Waals surface area (Å²) in [4.78, 5) is 0. The SMILES string of the molecule is Cn1c(COc2ccccc2Cl)nnc1SCCOc1cccc(Cl)c1. The number of thioether (sulfide) groups is 1. The number of nitrogens with zero attached hydrogens (tertiary/aromatic N) is 3. The molecule has 0 fully saturated rings. The Labute approximate surface area is 166 Å². The van der Waals surface area contributed by atoms with Crippen LogP contribution in [0.25, 0.3) is 0 Å². The first kappa shape index (κ1) is 18.9. The second kappa shape index (κ2) is 9.16. The van der Waals surface area contributed by atoms with Gasteiger partial charge in [-0.1, -0.05) is 53.2 Å². The Kier molecular flexibility index (Phi) is 6.66. The van der Waals surface area contributed by atoms with Gasteiger partial charge >= 0.3 is 0 Å². The van der Waals surface area contributed by atoms with Gasteiger partial charge in [0.1, 0.15) is 18.1 Å². The highest BCUT2D eigenvalue weighted by Crippen LogP contribution is 2.24. The van der Waals surface area contributed by atoms with Crippen molar-refractivity contribution in [3.63, 3.8) is 0 Å². The molecule has 0 radical (unpaired) electrons. The van der Waals surface area contributed by atoms with Crippen molar-refractivity contribution in [3.05, 3.63) is 64.4 Å². The van der Waals surface area contributed by atoms with Crippen molar-refractivity contribution in [3.8, 4) is 11.5 Å². The van der Waals surface area contributed by atoms with Crippen LogP contribution in [-0.4, -0.2) is 27.1 Å².